The lowest BCUT2D eigenvalue weighted by atomic mass is 9.99. The number of halogens is 1. The molecule has 0 aliphatic carbocycles. The molecule has 0 aromatic heterocycles. The fourth-order valence-corrected chi connectivity index (χ4v) is 4.43. The maximum atomic E-state index is 12.6. The van der Waals surface area contributed by atoms with E-state index in [1.54, 1.807) is 6.07 Å². The lowest BCUT2D eigenvalue weighted by molar-refractivity contribution is 0.0629. The number of nitrogens with two attached hydrogens (primary N) is 1. The van der Waals surface area contributed by atoms with Crippen LogP contribution in [0.5, 0.6) is 0 Å². The van der Waals surface area contributed by atoms with E-state index in [2.05, 4.69) is 0 Å². The van der Waals surface area contributed by atoms with Gasteiger partial charge in [0.25, 0.3) is 0 Å². The van der Waals surface area contributed by atoms with E-state index in [0.717, 1.165) is 0 Å². The summed E-state index contributed by atoms with van der Waals surface area (Å²) in [6.45, 7) is 2.37. The lowest BCUT2D eigenvalue weighted by Crippen LogP contribution is -2.45. The Morgan fingerprint density at radius 1 is 1.47 bits per heavy atom. The molecular weight excluding hydrogens is 288 g/mol. The molecule has 19 heavy (non-hydrogen) atoms. The van der Waals surface area contributed by atoms with Crippen molar-refractivity contribution in [1.29, 1.82) is 0 Å². The van der Waals surface area contributed by atoms with E-state index in [0.29, 0.717) is 6.42 Å². The third kappa shape index (κ3) is 2.72. The number of anilines is 1. The van der Waals surface area contributed by atoms with Crippen molar-refractivity contribution in [2.75, 3.05) is 18.8 Å². The summed E-state index contributed by atoms with van der Waals surface area (Å²) >= 11 is 5.96. The Morgan fingerprint density at radius 2 is 2.16 bits per heavy atom. The van der Waals surface area contributed by atoms with Crippen LogP contribution in [0.4, 0.5) is 5.69 Å². The van der Waals surface area contributed by atoms with Crippen molar-refractivity contribution in [3.05, 3.63) is 23.2 Å². The van der Waals surface area contributed by atoms with E-state index in [-0.39, 0.29) is 34.6 Å². The number of hydrogen-bond donors (Lipinski definition) is 2. The standard InChI is InChI=1S/C12H17ClN2O3S/c1-8-7-15(6-5-11(8)16)19(17,18)12-9(13)3-2-4-10(12)14/h2-4,8,11,16H,5-7,14H2,1H3. The summed E-state index contributed by atoms with van der Waals surface area (Å²) in [7, 11) is -3.71. The highest BCUT2D eigenvalue weighted by molar-refractivity contribution is 7.89. The number of piperidine rings is 1. The van der Waals surface area contributed by atoms with Crippen molar-refractivity contribution in [2.24, 2.45) is 5.92 Å². The second-order valence-electron chi connectivity index (χ2n) is 4.85. The van der Waals surface area contributed by atoms with Gasteiger partial charge in [-0.15, -0.1) is 0 Å². The Labute approximate surface area is 118 Å². The Kier molecular flexibility index (Phi) is 4.06. The van der Waals surface area contributed by atoms with Gasteiger partial charge in [-0.25, -0.2) is 8.42 Å². The van der Waals surface area contributed by atoms with Crippen LogP contribution in [0.3, 0.4) is 0 Å². The van der Waals surface area contributed by atoms with Crippen molar-refractivity contribution in [3.63, 3.8) is 0 Å². The summed E-state index contributed by atoms with van der Waals surface area (Å²) in [5.41, 5.74) is 5.88. The summed E-state index contributed by atoms with van der Waals surface area (Å²) in [6, 6.07) is 4.63. The van der Waals surface area contributed by atoms with Gasteiger partial charge in [-0.1, -0.05) is 24.6 Å². The fraction of sp³-hybridized carbons (Fsp3) is 0.500. The van der Waals surface area contributed by atoms with Gasteiger partial charge in [-0.05, 0) is 24.5 Å². The van der Waals surface area contributed by atoms with E-state index in [1.807, 2.05) is 6.92 Å². The topological polar surface area (TPSA) is 83.6 Å². The van der Waals surface area contributed by atoms with Crippen molar-refractivity contribution < 1.29 is 13.5 Å². The van der Waals surface area contributed by atoms with Gasteiger partial charge in [0.15, 0.2) is 0 Å². The summed E-state index contributed by atoms with van der Waals surface area (Å²) in [4.78, 5) is -0.0414. The van der Waals surface area contributed by atoms with Crippen LogP contribution in [-0.2, 0) is 10.0 Å². The number of nitrogen functional groups attached to an aromatic ring is 1. The molecule has 2 atom stereocenters. The van der Waals surface area contributed by atoms with Crippen LogP contribution in [0.25, 0.3) is 0 Å². The summed E-state index contributed by atoms with van der Waals surface area (Å²) in [6.07, 6.45) is -0.0415. The van der Waals surface area contributed by atoms with Gasteiger partial charge in [0, 0.05) is 13.1 Å². The summed E-state index contributed by atoms with van der Waals surface area (Å²) in [5, 5.41) is 9.79. The average molecular weight is 305 g/mol. The minimum Gasteiger partial charge on any atom is -0.398 e. The molecule has 106 valence electrons. The number of hydrogen-bond acceptors (Lipinski definition) is 4. The first-order valence-corrected chi connectivity index (χ1v) is 7.88. The van der Waals surface area contributed by atoms with Gasteiger partial charge >= 0.3 is 0 Å². The molecule has 2 rings (SSSR count). The molecule has 0 spiro atoms. The molecule has 3 N–H and O–H groups in total. The zero-order valence-electron chi connectivity index (χ0n) is 10.6. The Morgan fingerprint density at radius 3 is 2.74 bits per heavy atom. The molecular formula is C12H17ClN2O3S. The molecule has 0 saturated carbocycles. The van der Waals surface area contributed by atoms with Crippen LogP contribution in [0.1, 0.15) is 13.3 Å². The minimum absolute atomic E-state index is 0.0414. The zero-order chi connectivity index (χ0) is 14.2. The molecule has 1 saturated heterocycles. The molecule has 1 fully saturated rings. The second kappa shape index (κ2) is 5.28. The number of aliphatic hydroxyl groups excluding tert-OH is 1. The van der Waals surface area contributed by atoms with Crippen molar-refractivity contribution >= 4 is 27.3 Å². The van der Waals surface area contributed by atoms with Crippen molar-refractivity contribution in [3.8, 4) is 0 Å². The van der Waals surface area contributed by atoms with Gasteiger partial charge in [-0.2, -0.15) is 4.31 Å². The summed E-state index contributed by atoms with van der Waals surface area (Å²) in [5.74, 6) is -0.104. The first kappa shape index (κ1) is 14.6. The van der Waals surface area contributed by atoms with Crippen LogP contribution >= 0.6 is 11.6 Å². The zero-order valence-corrected chi connectivity index (χ0v) is 12.2. The van der Waals surface area contributed by atoms with Gasteiger partial charge in [0.05, 0.1) is 16.8 Å². The maximum absolute atomic E-state index is 12.6. The predicted octanol–water partition coefficient (Wildman–Crippen LogP) is 1.31. The molecule has 1 aliphatic heterocycles. The number of benzene rings is 1. The lowest BCUT2D eigenvalue weighted by Gasteiger charge is -2.33. The fourth-order valence-electron chi connectivity index (χ4n) is 2.24. The van der Waals surface area contributed by atoms with Gasteiger partial charge < -0.3 is 10.8 Å². The molecule has 0 radical (unpaired) electrons. The maximum Gasteiger partial charge on any atom is 0.246 e. The molecule has 1 heterocycles. The SMILES string of the molecule is CC1CN(S(=O)(=O)c2c(N)cccc2Cl)CCC1O. The molecule has 1 aliphatic rings. The Balaban J connectivity index is 2.38. The highest BCUT2D eigenvalue weighted by Gasteiger charge is 2.34. The third-order valence-corrected chi connectivity index (χ3v) is 5.83. The molecule has 2 unspecified atom stereocenters. The third-order valence-electron chi connectivity index (χ3n) is 3.42. The smallest absolute Gasteiger partial charge is 0.246 e. The van der Waals surface area contributed by atoms with E-state index < -0.39 is 16.1 Å². The van der Waals surface area contributed by atoms with Crippen molar-refractivity contribution in [1.82, 2.24) is 4.31 Å². The van der Waals surface area contributed by atoms with E-state index in [1.165, 1.54) is 16.4 Å². The first-order valence-electron chi connectivity index (χ1n) is 6.06. The monoisotopic (exact) mass is 304 g/mol. The number of aliphatic hydroxyl groups is 1. The minimum atomic E-state index is -3.71. The largest absolute Gasteiger partial charge is 0.398 e. The summed E-state index contributed by atoms with van der Waals surface area (Å²) < 4.78 is 26.5. The van der Waals surface area contributed by atoms with E-state index in [4.69, 9.17) is 17.3 Å². The van der Waals surface area contributed by atoms with Gasteiger partial charge in [-0.3, -0.25) is 0 Å². The Bertz CT molecular complexity index is 556. The van der Waals surface area contributed by atoms with Crippen LogP contribution < -0.4 is 5.73 Å². The van der Waals surface area contributed by atoms with E-state index in [9.17, 15) is 13.5 Å². The normalized spacial score (nSPS) is 25.4. The molecule has 0 amide bonds. The average Bonchev–Trinajstić information content (AvgIpc) is 2.32. The van der Waals surface area contributed by atoms with Crippen LogP contribution in [-0.4, -0.2) is 37.0 Å². The molecule has 1 aromatic carbocycles. The van der Waals surface area contributed by atoms with Crippen LogP contribution in [0.15, 0.2) is 23.1 Å². The first-order chi connectivity index (χ1) is 8.84. The highest BCUT2D eigenvalue weighted by atomic mass is 35.5. The number of nitrogens with zero attached hydrogens (tertiary/aromatic N) is 1. The number of sulfonamides is 1. The Hall–Kier alpha value is -0.820. The molecule has 7 heteroatoms. The van der Waals surface area contributed by atoms with Gasteiger partial charge in [0.2, 0.25) is 10.0 Å². The highest BCUT2D eigenvalue weighted by Crippen LogP contribution is 2.32. The van der Waals surface area contributed by atoms with Crippen LogP contribution in [0, 0.1) is 5.92 Å². The van der Waals surface area contributed by atoms with E-state index >= 15 is 0 Å². The predicted molar refractivity (Wildman–Crippen MR) is 74.4 cm³/mol. The number of rotatable bonds is 2. The van der Waals surface area contributed by atoms with Gasteiger partial charge in [0.1, 0.15) is 4.90 Å². The molecule has 5 nitrogen and oxygen atoms in total. The quantitative estimate of drug-likeness (QED) is 0.807. The molecule has 0 bridgehead atoms. The second-order valence-corrected chi connectivity index (χ2v) is 7.14. The van der Waals surface area contributed by atoms with Crippen LogP contribution in [0.2, 0.25) is 5.02 Å². The molecule has 1 aromatic rings. The van der Waals surface area contributed by atoms with Crippen molar-refractivity contribution in [2.45, 2.75) is 24.3 Å².